The number of anilines is 2. The monoisotopic (exact) mass is 637 g/mol. The number of aromatic nitrogens is 1. The molecule has 3 aromatic carbocycles. The lowest BCUT2D eigenvalue weighted by atomic mass is 10.1. The van der Waals surface area contributed by atoms with E-state index in [1.165, 1.54) is 10.9 Å². The van der Waals surface area contributed by atoms with Gasteiger partial charge in [-0.2, -0.15) is 0 Å². The summed E-state index contributed by atoms with van der Waals surface area (Å²) in [6, 6.07) is 24.4. The van der Waals surface area contributed by atoms with E-state index in [1.54, 1.807) is 41.7 Å². The van der Waals surface area contributed by atoms with Gasteiger partial charge < -0.3 is 14.7 Å². The lowest BCUT2D eigenvalue weighted by molar-refractivity contribution is 0.101. The molecule has 5 aromatic rings. The number of carbonyl (C=O) groups is 1. The van der Waals surface area contributed by atoms with Crippen molar-refractivity contribution in [1.82, 2.24) is 13.8 Å². The van der Waals surface area contributed by atoms with Crippen molar-refractivity contribution >= 4 is 60.3 Å². The van der Waals surface area contributed by atoms with Crippen LogP contribution in [0.1, 0.15) is 39.0 Å². The Balaban J connectivity index is 1.41. The van der Waals surface area contributed by atoms with Crippen LogP contribution in [0.15, 0.2) is 88.8 Å². The van der Waals surface area contributed by atoms with Gasteiger partial charge in [0.15, 0.2) is 5.78 Å². The molecule has 45 heavy (non-hydrogen) atoms. The number of aliphatic imine (C=N–C) groups is 1. The predicted octanol–water partition coefficient (Wildman–Crippen LogP) is 6.74. The number of carbonyl (C=O) groups excluding carboxylic acids is 1. The zero-order valence-corrected chi connectivity index (χ0v) is 27.5. The summed E-state index contributed by atoms with van der Waals surface area (Å²) in [5, 5.41) is 1.73. The molecule has 0 spiro atoms. The van der Waals surface area contributed by atoms with Crippen molar-refractivity contribution in [3.63, 3.8) is 0 Å². The number of hydrogen-bond acceptors (Lipinski definition) is 8. The molecule has 1 saturated heterocycles. The van der Waals surface area contributed by atoms with E-state index >= 15 is 0 Å². The number of thiophene rings is 1. The number of nitrogens with zero attached hydrogens (tertiary/aromatic N) is 5. The molecule has 0 atom stereocenters. The van der Waals surface area contributed by atoms with Crippen LogP contribution < -0.4 is 4.90 Å². The fraction of sp³-hybridized carbons (Fsp3) is 0.257. The molecule has 0 aliphatic carbocycles. The van der Waals surface area contributed by atoms with Gasteiger partial charge in [-0.1, -0.05) is 29.8 Å². The molecule has 4 heterocycles. The van der Waals surface area contributed by atoms with Crippen LogP contribution in [0.4, 0.5) is 16.4 Å². The largest absolute Gasteiger partial charge is 0.353 e. The van der Waals surface area contributed by atoms with Gasteiger partial charge >= 0.3 is 0 Å². The lowest BCUT2D eigenvalue weighted by Gasteiger charge is -2.34. The molecule has 0 bridgehead atoms. The Morgan fingerprint density at radius 3 is 2.38 bits per heavy atom. The number of para-hydroxylation sites is 2. The highest BCUT2D eigenvalue weighted by molar-refractivity contribution is 7.90. The summed E-state index contributed by atoms with van der Waals surface area (Å²) >= 11 is 1.69. The molecule has 0 amide bonds. The first-order chi connectivity index (χ1) is 21.6. The number of Topliss-reactive ketones (excluding diaryl/α,β-unsaturated/α-hetero) is 1. The average molecular weight is 638 g/mol. The SMILES string of the molecule is CC(=O)c1ccc2c(c1)cc(CN1c3ccccc3N=C(N3CCN(C)CC3)c3cc(C)sc31)n2S(=O)(=O)c1ccc(C)cc1. The third-order valence-corrected chi connectivity index (χ3v) is 11.5. The first-order valence-corrected chi connectivity index (χ1v) is 17.3. The maximum atomic E-state index is 14.4. The zero-order chi connectivity index (χ0) is 31.5. The lowest BCUT2D eigenvalue weighted by Crippen LogP contribution is -2.47. The van der Waals surface area contributed by atoms with E-state index < -0.39 is 10.0 Å². The van der Waals surface area contributed by atoms with Gasteiger partial charge in [0.05, 0.1) is 39.6 Å². The van der Waals surface area contributed by atoms with Crippen molar-refractivity contribution in [1.29, 1.82) is 0 Å². The first kappa shape index (κ1) is 29.5. The van der Waals surface area contributed by atoms with E-state index in [9.17, 15) is 13.2 Å². The van der Waals surface area contributed by atoms with Crippen LogP contribution in [0.25, 0.3) is 10.9 Å². The fourth-order valence-corrected chi connectivity index (χ4v) is 8.74. The van der Waals surface area contributed by atoms with Crippen LogP contribution in [0.2, 0.25) is 0 Å². The molecule has 2 aromatic heterocycles. The molecule has 1 fully saturated rings. The van der Waals surface area contributed by atoms with Crippen LogP contribution in [0.3, 0.4) is 0 Å². The van der Waals surface area contributed by atoms with Crippen LogP contribution in [0, 0.1) is 13.8 Å². The molecule has 2 aliphatic heterocycles. The molecule has 0 radical (unpaired) electrons. The molecular formula is C35H35N5O3S2. The number of piperazine rings is 1. The maximum absolute atomic E-state index is 14.4. The topological polar surface area (TPSA) is 78.2 Å². The van der Waals surface area contributed by atoms with Crippen molar-refractivity contribution in [2.45, 2.75) is 32.2 Å². The van der Waals surface area contributed by atoms with Gasteiger partial charge in [0.1, 0.15) is 10.8 Å². The minimum Gasteiger partial charge on any atom is -0.353 e. The number of rotatable bonds is 5. The van der Waals surface area contributed by atoms with Crippen molar-refractivity contribution in [2.75, 3.05) is 38.1 Å². The summed E-state index contributed by atoms with van der Waals surface area (Å²) in [5.41, 5.74) is 5.48. The van der Waals surface area contributed by atoms with Crippen LogP contribution in [0.5, 0.6) is 0 Å². The van der Waals surface area contributed by atoms with Gasteiger partial charge in [0, 0.05) is 42.0 Å². The average Bonchev–Trinajstić information content (AvgIpc) is 3.56. The first-order valence-electron chi connectivity index (χ1n) is 15.1. The maximum Gasteiger partial charge on any atom is 0.268 e. The number of hydrogen-bond donors (Lipinski definition) is 0. The quantitative estimate of drug-likeness (QED) is 0.199. The van der Waals surface area contributed by atoms with E-state index in [1.807, 2.05) is 43.3 Å². The van der Waals surface area contributed by atoms with Crippen LogP contribution in [-0.4, -0.2) is 67.0 Å². The second kappa shape index (κ2) is 11.3. The molecule has 2 aliphatic rings. The molecule has 230 valence electrons. The van der Waals surface area contributed by atoms with Gasteiger partial charge in [-0.25, -0.2) is 17.4 Å². The third kappa shape index (κ3) is 5.26. The van der Waals surface area contributed by atoms with E-state index in [0.29, 0.717) is 22.2 Å². The standard InChI is InChI=1S/C35H35N5O3S2/c1-23-9-12-29(13-10-23)45(42,43)40-28(21-27-20-26(25(3)41)11-14-32(27)40)22-39-33-8-6-5-7-31(33)36-34(30-19-24(2)44-35(30)39)38-17-15-37(4)16-18-38/h5-14,19-21H,15-18,22H2,1-4H3. The zero-order valence-electron chi connectivity index (χ0n) is 25.8. The second-order valence-electron chi connectivity index (χ2n) is 11.9. The Bertz CT molecular complexity index is 2090. The van der Waals surface area contributed by atoms with Gasteiger partial charge in [-0.3, -0.25) is 4.79 Å². The number of aryl methyl sites for hydroxylation is 2. The summed E-state index contributed by atoms with van der Waals surface area (Å²) in [6.07, 6.45) is 0. The number of likely N-dealkylation sites (N-methyl/N-ethyl adjacent to an activating group) is 1. The van der Waals surface area contributed by atoms with Gasteiger partial charge in [-0.15, -0.1) is 11.3 Å². The summed E-state index contributed by atoms with van der Waals surface area (Å²) in [4.78, 5) is 25.8. The molecule has 8 nitrogen and oxygen atoms in total. The normalized spacial score (nSPS) is 15.5. The van der Waals surface area contributed by atoms with E-state index in [0.717, 1.165) is 64.4 Å². The smallest absolute Gasteiger partial charge is 0.268 e. The molecule has 0 unspecified atom stereocenters. The Hall–Kier alpha value is -4.25. The summed E-state index contributed by atoms with van der Waals surface area (Å²) < 4.78 is 30.2. The van der Waals surface area contributed by atoms with Gasteiger partial charge in [0.2, 0.25) is 0 Å². The Morgan fingerprint density at radius 1 is 0.911 bits per heavy atom. The predicted molar refractivity (Wildman–Crippen MR) is 182 cm³/mol. The highest BCUT2D eigenvalue weighted by atomic mass is 32.2. The van der Waals surface area contributed by atoms with Crippen molar-refractivity contribution in [2.24, 2.45) is 4.99 Å². The van der Waals surface area contributed by atoms with E-state index in [2.05, 4.69) is 40.8 Å². The Kier molecular flexibility index (Phi) is 7.38. The number of ketones is 1. The molecular weight excluding hydrogens is 603 g/mol. The van der Waals surface area contributed by atoms with Crippen LogP contribution in [-0.2, 0) is 16.6 Å². The minimum absolute atomic E-state index is 0.0682. The highest BCUT2D eigenvalue weighted by Crippen LogP contribution is 2.45. The molecule has 0 N–H and O–H groups in total. The minimum atomic E-state index is -3.98. The van der Waals surface area contributed by atoms with Gasteiger partial charge in [0.25, 0.3) is 10.0 Å². The molecule has 10 heteroatoms. The molecule has 7 rings (SSSR count). The van der Waals surface area contributed by atoms with Crippen LogP contribution >= 0.6 is 11.3 Å². The number of benzene rings is 3. The van der Waals surface area contributed by atoms with Crippen molar-refractivity contribution in [3.05, 3.63) is 106 Å². The fourth-order valence-electron chi connectivity index (χ4n) is 6.19. The van der Waals surface area contributed by atoms with E-state index in [4.69, 9.17) is 4.99 Å². The van der Waals surface area contributed by atoms with E-state index in [-0.39, 0.29) is 17.2 Å². The third-order valence-electron chi connectivity index (χ3n) is 8.64. The highest BCUT2D eigenvalue weighted by Gasteiger charge is 2.32. The van der Waals surface area contributed by atoms with Crippen molar-refractivity contribution in [3.8, 4) is 0 Å². The summed E-state index contributed by atoms with van der Waals surface area (Å²) in [6.45, 7) is 9.53. The second-order valence-corrected chi connectivity index (χ2v) is 14.9. The van der Waals surface area contributed by atoms with Gasteiger partial charge in [-0.05, 0) is 82.4 Å². The summed E-state index contributed by atoms with van der Waals surface area (Å²) in [7, 11) is -1.83. The summed E-state index contributed by atoms with van der Waals surface area (Å²) in [5.74, 6) is 0.887. The Morgan fingerprint density at radius 2 is 1.64 bits per heavy atom. The molecule has 0 saturated carbocycles. The van der Waals surface area contributed by atoms with Crippen molar-refractivity contribution < 1.29 is 13.2 Å². The Labute approximate surface area is 267 Å². The number of fused-ring (bicyclic) bond motifs is 3. The number of amidine groups is 1.